The average Bonchev–Trinajstić information content (AvgIpc) is 3.08. The van der Waals surface area contributed by atoms with E-state index >= 15 is 0 Å². The molecule has 1 amide bonds. The standard InChI is InChI=1S/C22H23N3O2/c1-24-20-9-5-2-6-14(20)12-16(21(24)26)22(27)25-11-10-19-17(13-25)15-7-3-4-8-18(15)23-19/h3-4,7-8,12,23H,2,5-6,9-11,13H2,1H3. The first kappa shape index (κ1) is 16.4. The van der Waals surface area contributed by atoms with Crippen LogP contribution < -0.4 is 5.56 Å². The lowest BCUT2D eigenvalue weighted by Crippen LogP contribution is -2.40. The summed E-state index contributed by atoms with van der Waals surface area (Å²) in [6.07, 6.45) is 4.92. The number of carbonyl (C=O) groups excluding carboxylic acids is 1. The van der Waals surface area contributed by atoms with Crippen molar-refractivity contribution in [1.29, 1.82) is 0 Å². The van der Waals surface area contributed by atoms with E-state index in [0.29, 0.717) is 18.7 Å². The van der Waals surface area contributed by atoms with Gasteiger partial charge in [0.1, 0.15) is 5.56 Å². The summed E-state index contributed by atoms with van der Waals surface area (Å²) < 4.78 is 1.70. The Morgan fingerprint density at radius 1 is 1.11 bits per heavy atom. The van der Waals surface area contributed by atoms with Crippen LogP contribution in [0.5, 0.6) is 0 Å². The lowest BCUT2D eigenvalue weighted by molar-refractivity contribution is 0.0732. The van der Waals surface area contributed by atoms with Crippen LogP contribution >= 0.6 is 0 Å². The van der Waals surface area contributed by atoms with E-state index in [-0.39, 0.29) is 11.5 Å². The highest BCUT2D eigenvalue weighted by molar-refractivity contribution is 5.95. The van der Waals surface area contributed by atoms with E-state index in [1.165, 1.54) is 16.6 Å². The van der Waals surface area contributed by atoms with Crippen molar-refractivity contribution in [2.75, 3.05) is 6.54 Å². The molecule has 0 saturated heterocycles. The van der Waals surface area contributed by atoms with Crippen LogP contribution in [-0.2, 0) is 32.9 Å². The topological polar surface area (TPSA) is 58.1 Å². The summed E-state index contributed by atoms with van der Waals surface area (Å²) in [4.78, 5) is 31.4. The van der Waals surface area contributed by atoms with Crippen molar-refractivity contribution >= 4 is 16.8 Å². The second-order valence-electron chi connectivity index (χ2n) is 7.71. The zero-order valence-electron chi connectivity index (χ0n) is 15.5. The molecule has 27 heavy (non-hydrogen) atoms. The van der Waals surface area contributed by atoms with Gasteiger partial charge < -0.3 is 14.5 Å². The molecule has 5 rings (SSSR count). The first-order valence-corrected chi connectivity index (χ1v) is 9.73. The van der Waals surface area contributed by atoms with Gasteiger partial charge in [0, 0.05) is 54.4 Å². The van der Waals surface area contributed by atoms with Gasteiger partial charge in [0.05, 0.1) is 0 Å². The summed E-state index contributed by atoms with van der Waals surface area (Å²) in [6, 6.07) is 10.1. The van der Waals surface area contributed by atoms with Crippen LogP contribution in [0.3, 0.4) is 0 Å². The van der Waals surface area contributed by atoms with Gasteiger partial charge in [0.25, 0.3) is 11.5 Å². The van der Waals surface area contributed by atoms with Gasteiger partial charge in [-0.1, -0.05) is 18.2 Å². The van der Waals surface area contributed by atoms with Gasteiger partial charge in [-0.25, -0.2) is 0 Å². The molecule has 0 fully saturated rings. The molecule has 1 aliphatic heterocycles. The fourth-order valence-electron chi connectivity index (χ4n) is 4.65. The molecule has 0 bridgehead atoms. The summed E-state index contributed by atoms with van der Waals surface area (Å²) in [5.74, 6) is -0.139. The molecule has 5 nitrogen and oxygen atoms in total. The SMILES string of the molecule is Cn1c2c(cc(C(=O)N3CCc4[nH]c5ccccc5c4C3)c1=O)CCCC2. The Labute approximate surface area is 157 Å². The summed E-state index contributed by atoms with van der Waals surface area (Å²) >= 11 is 0. The quantitative estimate of drug-likeness (QED) is 0.724. The van der Waals surface area contributed by atoms with Gasteiger partial charge in [-0.15, -0.1) is 0 Å². The Bertz CT molecular complexity index is 1120. The van der Waals surface area contributed by atoms with Crippen molar-refractivity contribution in [1.82, 2.24) is 14.5 Å². The fourth-order valence-corrected chi connectivity index (χ4v) is 4.65. The van der Waals surface area contributed by atoms with E-state index in [4.69, 9.17) is 0 Å². The van der Waals surface area contributed by atoms with Crippen LogP contribution in [0.15, 0.2) is 35.1 Å². The number of para-hydroxylation sites is 1. The molecule has 3 aromatic rings. The average molecular weight is 361 g/mol. The molecule has 5 heteroatoms. The maximum absolute atomic E-state index is 13.2. The molecular formula is C22H23N3O2. The van der Waals surface area contributed by atoms with Gasteiger partial charge in [0.15, 0.2) is 0 Å². The molecule has 2 aliphatic rings. The number of hydrogen-bond acceptors (Lipinski definition) is 2. The van der Waals surface area contributed by atoms with E-state index in [1.54, 1.807) is 11.6 Å². The van der Waals surface area contributed by atoms with E-state index in [2.05, 4.69) is 17.1 Å². The molecular weight excluding hydrogens is 338 g/mol. The first-order valence-electron chi connectivity index (χ1n) is 9.73. The fraction of sp³-hybridized carbons (Fsp3) is 0.364. The summed E-state index contributed by atoms with van der Waals surface area (Å²) in [5, 5.41) is 1.17. The number of H-pyrrole nitrogens is 1. The first-order chi connectivity index (χ1) is 13.1. The number of amides is 1. The second-order valence-corrected chi connectivity index (χ2v) is 7.71. The minimum atomic E-state index is -0.162. The zero-order valence-corrected chi connectivity index (χ0v) is 15.5. The number of aromatic nitrogens is 2. The van der Waals surface area contributed by atoms with Crippen molar-refractivity contribution < 1.29 is 4.79 Å². The largest absolute Gasteiger partial charge is 0.358 e. The van der Waals surface area contributed by atoms with Crippen LogP contribution in [0.4, 0.5) is 0 Å². The van der Waals surface area contributed by atoms with E-state index in [9.17, 15) is 9.59 Å². The number of hydrogen-bond donors (Lipinski definition) is 1. The number of nitrogens with one attached hydrogen (secondary N) is 1. The van der Waals surface area contributed by atoms with Gasteiger partial charge in [-0.05, 0) is 43.4 Å². The van der Waals surface area contributed by atoms with Gasteiger partial charge in [0.2, 0.25) is 0 Å². The molecule has 0 saturated carbocycles. The van der Waals surface area contributed by atoms with Crippen molar-refractivity contribution in [3.8, 4) is 0 Å². The minimum Gasteiger partial charge on any atom is -0.358 e. The number of benzene rings is 1. The lowest BCUT2D eigenvalue weighted by Gasteiger charge is -2.28. The molecule has 0 spiro atoms. The molecule has 3 heterocycles. The highest BCUT2D eigenvalue weighted by atomic mass is 16.2. The third-order valence-corrected chi connectivity index (χ3v) is 6.14. The normalized spacial score (nSPS) is 16.3. The summed E-state index contributed by atoms with van der Waals surface area (Å²) in [7, 11) is 1.80. The third kappa shape index (κ3) is 2.52. The van der Waals surface area contributed by atoms with Crippen molar-refractivity contribution in [3.63, 3.8) is 0 Å². The number of rotatable bonds is 1. The molecule has 1 N–H and O–H groups in total. The van der Waals surface area contributed by atoms with Crippen LogP contribution in [0.2, 0.25) is 0 Å². The van der Waals surface area contributed by atoms with Crippen LogP contribution in [0.25, 0.3) is 10.9 Å². The third-order valence-electron chi connectivity index (χ3n) is 6.14. The number of nitrogens with zero attached hydrogens (tertiary/aromatic N) is 2. The number of pyridine rings is 1. The highest BCUT2D eigenvalue weighted by Crippen LogP contribution is 2.28. The number of fused-ring (bicyclic) bond motifs is 4. The van der Waals surface area contributed by atoms with E-state index in [0.717, 1.165) is 48.9 Å². The molecule has 1 aliphatic carbocycles. The smallest absolute Gasteiger partial charge is 0.263 e. The maximum atomic E-state index is 13.2. The number of aryl methyl sites for hydroxylation is 1. The predicted octanol–water partition coefficient (Wildman–Crippen LogP) is 2.94. The predicted molar refractivity (Wildman–Crippen MR) is 105 cm³/mol. The summed E-state index contributed by atoms with van der Waals surface area (Å²) in [6.45, 7) is 1.19. The zero-order chi connectivity index (χ0) is 18.5. The van der Waals surface area contributed by atoms with Crippen LogP contribution in [-0.4, -0.2) is 26.9 Å². The maximum Gasteiger partial charge on any atom is 0.263 e. The Balaban J connectivity index is 1.52. The molecule has 0 radical (unpaired) electrons. The van der Waals surface area contributed by atoms with Crippen molar-refractivity contribution in [2.24, 2.45) is 7.05 Å². The van der Waals surface area contributed by atoms with Gasteiger partial charge in [-0.2, -0.15) is 0 Å². The Kier molecular flexibility index (Phi) is 3.71. The monoisotopic (exact) mass is 361 g/mol. The summed E-state index contributed by atoms with van der Waals surface area (Å²) in [5.41, 5.74) is 5.92. The van der Waals surface area contributed by atoms with Crippen molar-refractivity contribution in [3.05, 3.63) is 68.8 Å². The molecule has 0 unspecified atom stereocenters. The number of carbonyl (C=O) groups is 1. The Morgan fingerprint density at radius 2 is 1.93 bits per heavy atom. The molecule has 138 valence electrons. The lowest BCUT2D eigenvalue weighted by atomic mass is 9.94. The molecule has 1 aromatic carbocycles. The highest BCUT2D eigenvalue weighted by Gasteiger charge is 2.27. The van der Waals surface area contributed by atoms with Crippen LogP contribution in [0.1, 0.15) is 45.7 Å². The molecule has 0 atom stereocenters. The van der Waals surface area contributed by atoms with E-state index < -0.39 is 0 Å². The van der Waals surface area contributed by atoms with E-state index in [1.807, 2.05) is 23.1 Å². The van der Waals surface area contributed by atoms with Crippen LogP contribution in [0, 0.1) is 0 Å². The Morgan fingerprint density at radius 3 is 2.81 bits per heavy atom. The second kappa shape index (κ2) is 6.12. The molecule has 2 aromatic heterocycles. The Hall–Kier alpha value is -2.82. The van der Waals surface area contributed by atoms with Gasteiger partial charge >= 0.3 is 0 Å². The van der Waals surface area contributed by atoms with Crippen molar-refractivity contribution in [2.45, 2.75) is 38.6 Å². The minimum absolute atomic E-state index is 0.139. The number of aromatic amines is 1. The van der Waals surface area contributed by atoms with Gasteiger partial charge in [-0.3, -0.25) is 9.59 Å².